The molecule has 1 amide bonds. The van der Waals surface area contributed by atoms with E-state index < -0.39 is 12.1 Å². The summed E-state index contributed by atoms with van der Waals surface area (Å²) in [6.07, 6.45) is -1.04. The molecule has 0 aromatic carbocycles. The van der Waals surface area contributed by atoms with E-state index in [0.717, 1.165) is 5.01 Å². The van der Waals surface area contributed by atoms with Crippen LogP contribution in [0.1, 0.15) is 35.3 Å². The number of rotatable bonds is 6. The summed E-state index contributed by atoms with van der Waals surface area (Å²) in [7, 11) is 1.28. The van der Waals surface area contributed by atoms with E-state index in [0.29, 0.717) is 5.69 Å². The average molecular weight is 272 g/mol. The lowest BCUT2D eigenvalue weighted by Gasteiger charge is -2.10. The van der Waals surface area contributed by atoms with Crippen molar-refractivity contribution in [2.45, 2.75) is 25.9 Å². The number of methoxy groups -OCH3 is 1. The lowest BCUT2D eigenvalue weighted by Crippen LogP contribution is -2.37. The number of aromatic nitrogens is 1. The monoisotopic (exact) mass is 272 g/mol. The zero-order valence-corrected chi connectivity index (χ0v) is 11.3. The number of nitrogens with one attached hydrogen (secondary N) is 1. The number of ether oxygens (including phenoxy) is 1. The zero-order valence-electron chi connectivity index (χ0n) is 10.5. The van der Waals surface area contributed by atoms with Gasteiger partial charge in [0.1, 0.15) is 5.69 Å². The van der Waals surface area contributed by atoms with Gasteiger partial charge in [0, 0.05) is 18.4 Å². The van der Waals surface area contributed by atoms with Crippen molar-refractivity contribution in [2.24, 2.45) is 0 Å². The molecule has 1 rings (SSSR count). The number of aliphatic carboxylic acids is 1. The van der Waals surface area contributed by atoms with E-state index in [1.165, 1.54) is 18.4 Å². The van der Waals surface area contributed by atoms with Crippen molar-refractivity contribution >= 4 is 23.2 Å². The Bertz CT molecular complexity index is 430. The Labute approximate surface area is 109 Å². The number of carbonyl (C=O) groups excluding carboxylic acids is 1. The predicted octanol–water partition coefficient (Wildman–Crippen LogP) is 1.10. The molecule has 0 aliphatic carbocycles. The Balaban J connectivity index is 2.57. The summed E-state index contributed by atoms with van der Waals surface area (Å²) in [4.78, 5) is 26.6. The molecule has 7 heteroatoms. The number of hydrogen-bond acceptors (Lipinski definition) is 5. The van der Waals surface area contributed by atoms with Crippen molar-refractivity contribution in [1.29, 1.82) is 0 Å². The van der Waals surface area contributed by atoms with Crippen molar-refractivity contribution < 1.29 is 19.4 Å². The van der Waals surface area contributed by atoms with Crippen molar-refractivity contribution in [3.05, 3.63) is 16.1 Å². The first-order chi connectivity index (χ1) is 8.45. The maximum Gasteiger partial charge on any atom is 0.334 e. The number of hydrogen-bond donors (Lipinski definition) is 2. The third kappa shape index (κ3) is 3.78. The molecule has 0 aliphatic heterocycles. The van der Waals surface area contributed by atoms with E-state index in [2.05, 4.69) is 10.3 Å². The number of carboxylic acids is 1. The molecule has 0 spiro atoms. The van der Waals surface area contributed by atoms with Gasteiger partial charge in [-0.15, -0.1) is 11.3 Å². The molecule has 0 bridgehead atoms. The summed E-state index contributed by atoms with van der Waals surface area (Å²) in [5, 5.41) is 13.8. The van der Waals surface area contributed by atoms with Gasteiger partial charge in [-0.25, -0.2) is 9.78 Å². The standard InChI is InChI=1S/C11H16N2O4S/c1-6(2)10-13-7(5-18-10)9(14)12-4-8(17-3)11(15)16/h5-6,8H,4H2,1-3H3,(H,12,14)(H,15,16). The third-order valence-electron chi connectivity index (χ3n) is 2.26. The van der Waals surface area contributed by atoms with E-state index in [4.69, 9.17) is 9.84 Å². The second-order valence-corrected chi connectivity index (χ2v) is 4.89. The molecule has 100 valence electrons. The predicted molar refractivity (Wildman–Crippen MR) is 67.0 cm³/mol. The Morgan fingerprint density at radius 1 is 1.56 bits per heavy atom. The van der Waals surface area contributed by atoms with Gasteiger partial charge in [0.05, 0.1) is 11.6 Å². The van der Waals surface area contributed by atoms with Crippen LogP contribution in [0.25, 0.3) is 0 Å². The van der Waals surface area contributed by atoms with Gasteiger partial charge in [-0.2, -0.15) is 0 Å². The Hall–Kier alpha value is -1.47. The van der Waals surface area contributed by atoms with Crippen LogP contribution in [-0.4, -0.2) is 41.7 Å². The quantitative estimate of drug-likeness (QED) is 0.809. The van der Waals surface area contributed by atoms with Crippen LogP contribution in [0.2, 0.25) is 0 Å². The minimum Gasteiger partial charge on any atom is -0.479 e. The fourth-order valence-electron chi connectivity index (χ4n) is 1.20. The van der Waals surface area contributed by atoms with Gasteiger partial charge in [-0.05, 0) is 0 Å². The second-order valence-electron chi connectivity index (χ2n) is 4.00. The van der Waals surface area contributed by atoms with Gasteiger partial charge in [0.15, 0.2) is 6.10 Å². The molecule has 0 aliphatic rings. The maximum atomic E-state index is 11.7. The molecule has 1 unspecified atom stereocenters. The second kappa shape index (κ2) is 6.46. The van der Waals surface area contributed by atoms with Crippen LogP contribution < -0.4 is 5.32 Å². The molecule has 1 atom stereocenters. The van der Waals surface area contributed by atoms with Crippen molar-refractivity contribution in [3.8, 4) is 0 Å². The van der Waals surface area contributed by atoms with Crippen LogP contribution in [0, 0.1) is 0 Å². The number of thiazole rings is 1. The summed E-state index contributed by atoms with van der Waals surface area (Å²) >= 11 is 1.41. The largest absolute Gasteiger partial charge is 0.479 e. The smallest absolute Gasteiger partial charge is 0.334 e. The van der Waals surface area contributed by atoms with Crippen molar-refractivity contribution in [3.63, 3.8) is 0 Å². The van der Waals surface area contributed by atoms with E-state index >= 15 is 0 Å². The first kappa shape index (κ1) is 14.6. The van der Waals surface area contributed by atoms with Gasteiger partial charge in [0.25, 0.3) is 5.91 Å². The Morgan fingerprint density at radius 2 is 2.22 bits per heavy atom. The Kier molecular flexibility index (Phi) is 5.24. The number of carboxylic acid groups (broad SMARTS) is 1. The maximum absolute atomic E-state index is 11.7. The molecule has 18 heavy (non-hydrogen) atoms. The van der Waals surface area contributed by atoms with Gasteiger partial charge < -0.3 is 15.2 Å². The molecule has 1 aromatic heterocycles. The molecule has 0 radical (unpaired) electrons. The fraction of sp³-hybridized carbons (Fsp3) is 0.545. The van der Waals surface area contributed by atoms with Crippen LogP contribution in [-0.2, 0) is 9.53 Å². The highest BCUT2D eigenvalue weighted by molar-refractivity contribution is 7.09. The van der Waals surface area contributed by atoms with E-state index in [1.807, 2.05) is 13.8 Å². The SMILES string of the molecule is COC(CNC(=O)c1csc(C(C)C)n1)C(=O)O. The summed E-state index contributed by atoms with van der Waals surface area (Å²) in [5.41, 5.74) is 0.309. The highest BCUT2D eigenvalue weighted by Gasteiger charge is 2.19. The molecule has 6 nitrogen and oxygen atoms in total. The van der Waals surface area contributed by atoms with E-state index in [-0.39, 0.29) is 18.4 Å². The average Bonchev–Trinajstić information content (AvgIpc) is 2.78. The minimum absolute atomic E-state index is 0.0841. The molecular formula is C11H16N2O4S. The first-order valence-corrected chi connectivity index (χ1v) is 6.33. The minimum atomic E-state index is -1.11. The fourth-order valence-corrected chi connectivity index (χ4v) is 2.02. The number of carbonyl (C=O) groups is 2. The molecular weight excluding hydrogens is 256 g/mol. The van der Waals surface area contributed by atoms with Crippen LogP contribution in [0.3, 0.4) is 0 Å². The van der Waals surface area contributed by atoms with E-state index in [9.17, 15) is 9.59 Å². The topological polar surface area (TPSA) is 88.5 Å². The molecule has 1 aromatic rings. The highest BCUT2D eigenvalue weighted by atomic mass is 32.1. The van der Waals surface area contributed by atoms with Crippen molar-refractivity contribution in [2.75, 3.05) is 13.7 Å². The van der Waals surface area contributed by atoms with Gasteiger partial charge in [-0.3, -0.25) is 4.79 Å². The van der Waals surface area contributed by atoms with Gasteiger partial charge in [0.2, 0.25) is 0 Å². The van der Waals surface area contributed by atoms with Gasteiger partial charge in [-0.1, -0.05) is 13.8 Å². The molecule has 1 heterocycles. The summed E-state index contributed by atoms with van der Waals surface area (Å²) in [6, 6.07) is 0. The number of nitrogens with zero attached hydrogens (tertiary/aromatic N) is 1. The van der Waals surface area contributed by atoms with Crippen molar-refractivity contribution in [1.82, 2.24) is 10.3 Å². The summed E-state index contributed by atoms with van der Waals surface area (Å²) in [6.45, 7) is 3.90. The normalized spacial score (nSPS) is 12.4. The van der Waals surface area contributed by atoms with Crippen LogP contribution >= 0.6 is 11.3 Å². The zero-order chi connectivity index (χ0) is 13.7. The lowest BCUT2D eigenvalue weighted by atomic mass is 10.2. The lowest BCUT2D eigenvalue weighted by molar-refractivity contribution is -0.148. The third-order valence-corrected chi connectivity index (χ3v) is 3.40. The van der Waals surface area contributed by atoms with Crippen LogP contribution in [0.5, 0.6) is 0 Å². The first-order valence-electron chi connectivity index (χ1n) is 5.45. The summed E-state index contributed by atoms with van der Waals surface area (Å²) in [5.74, 6) is -1.23. The molecule has 2 N–H and O–H groups in total. The van der Waals surface area contributed by atoms with E-state index in [1.54, 1.807) is 5.38 Å². The highest BCUT2D eigenvalue weighted by Crippen LogP contribution is 2.18. The van der Waals surface area contributed by atoms with Gasteiger partial charge >= 0.3 is 5.97 Å². The molecule has 0 fully saturated rings. The molecule has 0 saturated heterocycles. The number of amides is 1. The summed E-state index contributed by atoms with van der Waals surface area (Å²) < 4.78 is 4.71. The van der Waals surface area contributed by atoms with Crippen LogP contribution in [0.4, 0.5) is 0 Å². The van der Waals surface area contributed by atoms with Crippen LogP contribution in [0.15, 0.2) is 5.38 Å². The Morgan fingerprint density at radius 3 is 2.67 bits per heavy atom. The molecule has 0 saturated carbocycles.